The molecule has 2 saturated heterocycles. The second-order valence-corrected chi connectivity index (χ2v) is 6.73. The number of hydrogen-bond donors (Lipinski definition) is 1. The molecule has 0 bridgehead atoms. The number of nitrogens with one attached hydrogen (secondary N) is 1. The van der Waals surface area contributed by atoms with Crippen LogP contribution < -0.4 is 5.32 Å². The minimum absolute atomic E-state index is 0. The van der Waals surface area contributed by atoms with Crippen molar-refractivity contribution in [2.24, 2.45) is 7.05 Å². The smallest absolute Gasteiger partial charge is 0.254 e. The van der Waals surface area contributed by atoms with Crippen molar-refractivity contribution in [1.82, 2.24) is 30.1 Å². The molecule has 0 radical (unpaired) electrons. The summed E-state index contributed by atoms with van der Waals surface area (Å²) in [6.07, 6.45) is 1.87. The lowest BCUT2D eigenvalue weighted by molar-refractivity contribution is -0.135. The van der Waals surface area contributed by atoms with Crippen LogP contribution in [0, 0.1) is 0 Å². The van der Waals surface area contributed by atoms with Crippen molar-refractivity contribution in [3.63, 3.8) is 0 Å². The van der Waals surface area contributed by atoms with E-state index in [9.17, 15) is 9.59 Å². The Bertz CT molecular complexity index is 823. The lowest BCUT2D eigenvalue weighted by Crippen LogP contribution is -2.57. The fourth-order valence-electron chi connectivity index (χ4n) is 3.76. The maximum absolute atomic E-state index is 12.9. The van der Waals surface area contributed by atoms with E-state index in [-0.39, 0.29) is 30.3 Å². The molecule has 0 saturated carbocycles. The number of halogens is 1. The molecule has 4 rings (SSSR count). The molecule has 1 aromatic heterocycles. The van der Waals surface area contributed by atoms with Gasteiger partial charge in [0.2, 0.25) is 5.91 Å². The van der Waals surface area contributed by atoms with Gasteiger partial charge in [0, 0.05) is 44.8 Å². The van der Waals surface area contributed by atoms with Crippen LogP contribution in [-0.4, -0.2) is 75.4 Å². The molecular weight excluding hydrogens is 356 g/mol. The monoisotopic (exact) mass is 378 g/mol. The van der Waals surface area contributed by atoms with E-state index < -0.39 is 0 Å². The number of amides is 2. The standard InChI is InChI=1S/C17H22N6O2.ClH/c1-21-15-5-4-12(9-14(15)19-20-21)17(25)22-7-2-3-13(11-22)23-8-6-18-10-16(23)24;/h4-5,9,13,18H,2-3,6-8,10-11H2,1H3;1H. The Hall–Kier alpha value is -2.19. The van der Waals surface area contributed by atoms with Crippen molar-refractivity contribution in [3.8, 4) is 0 Å². The van der Waals surface area contributed by atoms with Gasteiger partial charge in [0.1, 0.15) is 5.52 Å². The van der Waals surface area contributed by atoms with Crippen LogP contribution in [0.4, 0.5) is 0 Å². The number of benzene rings is 1. The number of aromatic nitrogens is 3. The molecule has 1 unspecified atom stereocenters. The van der Waals surface area contributed by atoms with Gasteiger partial charge in [-0.25, -0.2) is 4.68 Å². The second kappa shape index (κ2) is 7.59. The molecule has 2 aliphatic rings. The van der Waals surface area contributed by atoms with Crippen molar-refractivity contribution in [2.45, 2.75) is 18.9 Å². The van der Waals surface area contributed by atoms with Crippen LogP contribution in [0.2, 0.25) is 0 Å². The first-order valence-electron chi connectivity index (χ1n) is 8.72. The van der Waals surface area contributed by atoms with Crippen LogP contribution in [0.5, 0.6) is 0 Å². The number of carbonyl (C=O) groups excluding carboxylic acids is 2. The lowest BCUT2D eigenvalue weighted by atomic mass is 10.0. The van der Waals surface area contributed by atoms with E-state index in [1.165, 1.54) is 0 Å². The molecule has 1 aromatic carbocycles. The maximum atomic E-state index is 12.9. The lowest BCUT2D eigenvalue weighted by Gasteiger charge is -2.41. The second-order valence-electron chi connectivity index (χ2n) is 6.73. The Morgan fingerprint density at radius 3 is 2.96 bits per heavy atom. The van der Waals surface area contributed by atoms with Gasteiger partial charge in [-0.05, 0) is 31.0 Å². The number of carbonyl (C=O) groups is 2. The summed E-state index contributed by atoms with van der Waals surface area (Å²) in [6.45, 7) is 3.27. The Balaban J connectivity index is 0.00000196. The van der Waals surface area contributed by atoms with Crippen LogP contribution in [0.1, 0.15) is 23.2 Å². The average Bonchev–Trinajstić information content (AvgIpc) is 3.02. The molecular formula is C17H23ClN6O2. The number of rotatable bonds is 2. The Morgan fingerprint density at radius 2 is 2.15 bits per heavy atom. The highest BCUT2D eigenvalue weighted by Gasteiger charge is 2.32. The van der Waals surface area contributed by atoms with Gasteiger partial charge >= 0.3 is 0 Å². The molecule has 9 heteroatoms. The van der Waals surface area contributed by atoms with Gasteiger partial charge in [-0.2, -0.15) is 0 Å². The molecule has 2 fully saturated rings. The third kappa shape index (κ3) is 3.39. The number of piperazine rings is 1. The van der Waals surface area contributed by atoms with Crippen LogP contribution >= 0.6 is 12.4 Å². The van der Waals surface area contributed by atoms with Gasteiger partial charge in [0.15, 0.2) is 0 Å². The predicted molar refractivity (Wildman–Crippen MR) is 99.3 cm³/mol. The van der Waals surface area contributed by atoms with Crippen molar-refractivity contribution >= 4 is 35.3 Å². The largest absolute Gasteiger partial charge is 0.337 e. The highest BCUT2D eigenvalue weighted by molar-refractivity contribution is 5.97. The van der Waals surface area contributed by atoms with Crippen LogP contribution in [0.25, 0.3) is 11.0 Å². The van der Waals surface area contributed by atoms with Crippen LogP contribution in [0.15, 0.2) is 18.2 Å². The van der Waals surface area contributed by atoms with E-state index in [1.807, 2.05) is 29.0 Å². The van der Waals surface area contributed by atoms with Gasteiger partial charge in [0.05, 0.1) is 12.1 Å². The molecule has 2 amide bonds. The predicted octanol–water partition coefficient (Wildman–Crippen LogP) is 0.427. The molecule has 8 nitrogen and oxygen atoms in total. The van der Waals surface area contributed by atoms with E-state index in [0.29, 0.717) is 18.7 Å². The van der Waals surface area contributed by atoms with Crippen molar-refractivity contribution in [1.29, 1.82) is 0 Å². The summed E-state index contributed by atoms with van der Waals surface area (Å²) in [5, 5.41) is 11.2. The molecule has 2 aromatic rings. The van der Waals surface area contributed by atoms with Crippen molar-refractivity contribution in [2.75, 3.05) is 32.7 Å². The molecule has 2 aliphatic heterocycles. The third-order valence-electron chi connectivity index (χ3n) is 5.11. The first kappa shape index (κ1) is 18.6. The average molecular weight is 379 g/mol. The molecule has 1 N–H and O–H groups in total. The minimum Gasteiger partial charge on any atom is -0.337 e. The summed E-state index contributed by atoms with van der Waals surface area (Å²) in [7, 11) is 1.83. The summed E-state index contributed by atoms with van der Waals surface area (Å²) in [6, 6.07) is 5.62. The number of fused-ring (bicyclic) bond motifs is 1. The van der Waals surface area contributed by atoms with Crippen LogP contribution in [-0.2, 0) is 11.8 Å². The SMILES string of the molecule is Cl.Cn1nnc2cc(C(=O)N3CCCC(N4CCNCC4=O)C3)ccc21. The number of aryl methyl sites for hydroxylation is 1. The van der Waals surface area contributed by atoms with E-state index in [0.717, 1.165) is 43.5 Å². The Kier molecular flexibility index (Phi) is 5.43. The molecule has 1 atom stereocenters. The normalized spacial score (nSPS) is 21.0. The summed E-state index contributed by atoms with van der Waals surface area (Å²) < 4.78 is 1.69. The number of hydrogen-bond acceptors (Lipinski definition) is 5. The maximum Gasteiger partial charge on any atom is 0.254 e. The highest BCUT2D eigenvalue weighted by atomic mass is 35.5. The van der Waals surface area contributed by atoms with Crippen molar-refractivity contribution in [3.05, 3.63) is 23.8 Å². The molecule has 0 spiro atoms. The van der Waals surface area contributed by atoms with Crippen LogP contribution in [0.3, 0.4) is 0 Å². The summed E-state index contributed by atoms with van der Waals surface area (Å²) >= 11 is 0. The summed E-state index contributed by atoms with van der Waals surface area (Å²) in [4.78, 5) is 28.8. The molecule has 26 heavy (non-hydrogen) atoms. The van der Waals surface area contributed by atoms with Gasteiger partial charge in [0.25, 0.3) is 5.91 Å². The summed E-state index contributed by atoms with van der Waals surface area (Å²) in [5.41, 5.74) is 2.25. The van der Waals surface area contributed by atoms with E-state index >= 15 is 0 Å². The first-order valence-corrected chi connectivity index (χ1v) is 8.72. The molecule has 0 aliphatic carbocycles. The number of nitrogens with zero attached hydrogens (tertiary/aromatic N) is 5. The van der Waals surface area contributed by atoms with Crippen molar-refractivity contribution < 1.29 is 9.59 Å². The fraction of sp³-hybridized carbons (Fsp3) is 0.529. The van der Waals surface area contributed by atoms with E-state index in [4.69, 9.17) is 0 Å². The third-order valence-corrected chi connectivity index (χ3v) is 5.11. The zero-order valence-electron chi connectivity index (χ0n) is 14.7. The van der Waals surface area contributed by atoms with E-state index in [2.05, 4.69) is 15.6 Å². The first-order chi connectivity index (χ1) is 12.1. The van der Waals surface area contributed by atoms with Gasteiger partial charge in [-0.15, -0.1) is 17.5 Å². The molecule has 140 valence electrons. The minimum atomic E-state index is -0.000151. The Labute approximate surface area is 157 Å². The van der Waals surface area contributed by atoms with Gasteiger partial charge < -0.3 is 15.1 Å². The van der Waals surface area contributed by atoms with E-state index in [1.54, 1.807) is 10.7 Å². The zero-order chi connectivity index (χ0) is 17.4. The summed E-state index contributed by atoms with van der Waals surface area (Å²) in [5.74, 6) is 0.131. The van der Waals surface area contributed by atoms with Gasteiger partial charge in [-0.3, -0.25) is 9.59 Å². The topological polar surface area (TPSA) is 83.4 Å². The van der Waals surface area contributed by atoms with Gasteiger partial charge in [-0.1, -0.05) is 5.21 Å². The highest BCUT2D eigenvalue weighted by Crippen LogP contribution is 2.20. The molecule has 3 heterocycles. The zero-order valence-corrected chi connectivity index (χ0v) is 15.5. The number of piperidine rings is 1. The quantitative estimate of drug-likeness (QED) is 0.819. The number of likely N-dealkylation sites (tertiary alicyclic amines) is 1. The Morgan fingerprint density at radius 1 is 1.31 bits per heavy atom. The fourth-order valence-corrected chi connectivity index (χ4v) is 3.76.